The number of hydrogen-bond acceptors (Lipinski definition) is 18. The highest BCUT2D eigenvalue weighted by Gasteiger charge is 2.44. The Bertz CT molecular complexity index is 3710. The number of carbonyl (C=O) groups excluding carboxylic acids is 3. The van der Waals surface area contributed by atoms with Crippen LogP contribution in [0, 0.1) is 0 Å². The van der Waals surface area contributed by atoms with Crippen molar-refractivity contribution in [3.8, 4) is 17.2 Å². The summed E-state index contributed by atoms with van der Waals surface area (Å²) in [5, 5.41) is 7.56. The smallest absolute Gasteiger partial charge is 0.355 e. The predicted octanol–water partition coefficient (Wildman–Crippen LogP) is 10.5. The van der Waals surface area contributed by atoms with Crippen LogP contribution in [-0.2, 0) is 56.8 Å². The summed E-state index contributed by atoms with van der Waals surface area (Å²) in [6.45, 7) is 7.91. The number of aromatic nitrogens is 3. The molecule has 7 aromatic carbocycles. The molecule has 0 amide bonds. The van der Waals surface area contributed by atoms with Crippen molar-refractivity contribution in [2.24, 2.45) is 0 Å². The van der Waals surface area contributed by atoms with Gasteiger partial charge in [0.1, 0.15) is 54.2 Å². The van der Waals surface area contributed by atoms with Crippen molar-refractivity contribution in [2.75, 3.05) is 140 Å². The van der Waals surface area contributed by atoms with Crippen molar-refractivity contribution in [1.29, 1.82) is 0 Å². The highest BCUT2D eigenvalue weighted by molar-refractivity contribution is 6.34. The molecule has 0 saturated carbocycles. The van der Waals surface area contributed by atoms with E-state index >= 15 is 0 Å². The Hall–Kier alpha value is -8.61. The third-order valence-corrected chi connectivity index (χ3v) is 16.3. The van der Waals surface area contributed by atoms with Gasteiger partial charge in [-0.1, -0.05) is 36.4 Å². The molecule has 0 spiro atoms. The average Bonchev–Trinajstić information content (AvgIpc) is 1.50. The molecule has 0 radical (unpaired) electrons. The summed E-state index contributed by atoms with van der Waals surface area (Å²) in [7, 11) is 4.89. The highest BCUT2D eigenvalue weighted by atomic mass is 16.6. The van der Waals surface area contributed by atoms with Crippen LogP contribution in [0.1, 0.15) is 83.2 Å². The van der Waals surface area contributed by atoms with E-state index in [1.165, 1.54) is 0 Å². The number of methoxy groups -OCH3 is 3. The molecule has 3 aliphatic rings. The van der Waals surface area contributed by atoms with Gasteiger partial charge < -0.3 is 86.0 Å². The van der Waals surface area contributed by atoms with Crippen LogP contribution in [-0.4, -0.2) is 173 Å². The number of rotatable bonds is 36. The van der Waals surface area contributed by atoms with Gasteiger partial charge in [0.2, 0.25) is 0 Å². The predicted molar refractivity (Wildman–Crippen MR) is 333 cm³/mol. The SMILES string of the molecule is COCCOCCOCCOc1ccc2[nH]c(C(=O)OC3c4ccc5c6c4c4c3ccc3c4c4c(ccc(c64)C5OC(=O)c4cc5cc(OCCOCCOCCOC)ccc5[nH]4)C3OC(=O)c3cc4cc(OCCOCCOCCOC)ccc4[nH]3)cc2c1. The second-order valence-electron chi connectivity index (χ2n) is 21.8. The number of aromatic amines is 3. The van der Waals surface area contributed by atoms with Crippen LogP contribution in [0.4, 0.5) is 0 Å². The highest BCUT2D eigenvalue weighted by Crippen LogP contribution is 2.60. The van der Waals surface area contributed by atoms with E-state index in [4.69, 9.17) is 71.1 Å². The zero-order chi connectivity index (χ0) is 61.5. The quantitative estimate of drug-likeness (QED) is 0.0143. The molecule has 13 rings (SSSR count). The van der Waals surface area contributed by atoms with E-state index in [2.05, 4.69) is 15.0 Å². The van der Waals surface area contributed by atoms with Gasteiger partial charge in [-0.05, 0) is 105 Å². The zero-order valence-corrected chi connectivity index (χ0v) is 50.2. The van der Waals surface area contributed by atoms with Crippen LogP contribution in [0.25, 0.3) is 65.0 Å². The molecule has 0 atom stereocenters. The van der Waals surface area contributed by atoms with Gasteiger partial charge in [0, 0.05) is 87.4 Å². The van der Waals surface area contributed by atoms with Gasteiger partial charge in [-0.25, -0.2) is 14.4 Å². The van der Waals surface area contributed by atoms with Crippen LogP contribution in [0.3, 0.4) is 0 Å². The van der Waals surface area contributed by atoms with Gasteiger partial charge in [-0.3, -0.25) is 0 Å². The molecule has 0 saturated heterocycles. The molecular weight excluding hydrogens is 1160 g/mol. The largest absolute Gasteiger partial charge is 0.491 e. The Labute approximate surface area is 516 Å². The molecule has 0 unspecified atom stereocenters. The first-order valence-corrected chi connectivity index (χ1v) is 30.1. The Morgan fingerprint density at radius 3 is 0.778 bits per heavy atom. The fraction of sp³-hybridized carbons (Fsp3) is 0.348. The minimum Gasteiger partial charge on any atom is -0.491 e. The normalized spacial score (nSPS) is 15.2. The first-order valence-electron chi connectivity index (χ1n) is 30.1. The molecule has 3 aromatic heterocycles. The summed E-state index contributed by atoms with van der Waals surface area (Å²) in [4.78, 5) is 53.3. The second kappa shape index (κ2) is 27.6. The summed E-state index contributed by atoms with van der Waals surface area (Å²) in [5.41, 5.74) is 7.66. The number of carbonyl (C=O) groups is 3. The number of H-pyrrole nitrogens is 3. The molecule has 3 heterocycles. The van der Waals surface area contributed by atoms with Crippen LogP contribution in [0.5, 0.6) is 17.2 Å². The number of fused-ring (bicyclic) bond motifs is 3. The fourth-order valence-corrected chi connectivity index (χ4v) is 12.2. The third kappa shape index (κ3) is 12.4. The van der Waals surface area contributed by atoms with Gasteiger partial charge in [0.05, 0.1) is 99.1 Å². The van der Waals surface area contributed by atoms with E-state index in [-0.39, 0.29) is 17.1 Å². The minimum absolute atomic E-state index is 0.265. The monoisotopic (exact) mass is 1230 g/mol. The third-order valence-electron chi connectivity index (χ3n) is 16.3. The molecule has 0 bridgehead atoms. The maximum Gasteiger partial charge on any atom is 0.355 e. The summed E-state index contributed by atoms with van der Waals surface area (Å²) in [6.07, 6.45) is -2.47. The lowest BCUT2D eigenvalue weighted by Crippen LogP contribution is -2.12. The van der Waals surface area contributed by atoms with Gasteiger partial charge in [0.15, 0.2) is 18.3 Å². The summed E-state index contributed by atoms with van der Waals surface area (Å²) in [5.74, 6) is 0.204. The van der Waals surface area contributed by atoms with Crippen molar-refractivity contribution >= 4 is 82.9 Å². The van der Waals surface area contributed by atoms with Crippen LogP contribution >= 0.6 is 0 Å². The number of ether oxygens (including phenoxy) is 15. The van der Waals surface area contributed by atoms with Gasteiger partial charge >= 0.3 is 17.9 Å². The van der Waals surface area contributed by atoms with E-state index in [1.54, 1.807) is 39.5 Å². The van der Waals surface area contributed by atoms with E-state index < -0.39 is 36.2 Å². The van der Waals surface area contributed by atoms with Gasteiger partial charge in [0.25, 0.3) is 0 Å². The van der Waals surface area contributed by atoms with E-state index in [0.29, 0.717) is 136 Å². The van der Waals surface area contributed by atoms with Crippen LogP contribution in [0.15, 0.2) is 109 Å². The van der Waals surface area contributed by atoms with E-state index in [9.17, 15) is 14.4 Å². The maximum absolute atomic E-state index is 14.5. The molecule has 0 fully saturated rings. The molecule has 3 aliphatic carbocycles. The topological polar surface area (TPSA) is 237 Å². The summed E-state index contributed by atoms with van der Waals surface area (Å²) >= 11 is 0. The van der Waals surface area contributed by atoms with Crippen molar-refractivity contribution < 1.29 is 85.4 Å². The van der Waals surface area contributed by atoms with Crippen molar-refractivity contribution in [3.63, 3.8) is 0 Å². The fourth-order valence-electron chi connectivity index (χ4n) is 12.2. The Morgan fingerprint density at radius 2 is 0.533 bits per heavy atom. The maximum atomic E-state index is 14.5. The summed E-state index contributed by atoms with van der Waals surface area (Å²) in [6, 6.07) is 33.8. The first kappa shape index (κ1) is 60.3. The first-order chi connectivity index (χ1) is 44.3. The lowest BCUT2D eigenvalue weighted by Gasteiger charge is -2.17. The molecule has 21 nitrogen and oxygen atoms in total. The minimum atomic E-state index is -0.824. The Kier molecular flexibility index (Phi) is 18.5. The average molecular weight is 1230 g/mol. The van der Waals surface area contributed by atoms with Crippen molar-refractivity contribution in [3.05, 3.63) is 160 Å². The van der Waals surface area contributed by atoms with Crippen molar-refractivity contribution in [1.82, 2.24) is 15.0 Å². The van der Waals surface area contributed by atoms with Gasteiger partial charge in [-0.2, -0.15) is 0 Å². The Morgan fingerprint density at radius 1 is 0.300 bits per heavy atom. The molecule has 10 aromatic rings. The van der Waals surface area contributed by atoms with E-state index in [0.717, 1.165) is 98.4 Å². The molecule has 90 heavy (non-hydrogen) atoms. The standard InChI is InChI=1S/C69H69N3O18/c1-76-16-19-79-22-25-82-28-31-85-43-4-13-52-40(34-43)37-55(70-52)67(73)88-64-46-7-9-48-60-58(46)59-47(64)8-10-49-61(59)63-51(66(49)90-69(75)57-39-42-36-45(6-15-54(42)72-57)87-33-30-84-27-24-81-21-18-78-3)12-11-50(62(60)63)65(48)89-68(74)56-38-41-35-44(5-14-53(41)71-56)86-32-29-83-26-23-80-20-17-77-2/h4-15,34-39,64-66,70-72H,16-33H2,1-3H3. The molecule has 468 valence electrons. The zero-order valence-electron chi connectivity index (χ0n) is 50.2. The second-order valence-corrected chi connectivity index (χ2v) is 21.8. The number of benzene rings is 7. The lowest BCUT2D eigenvalue weighted by atomic mass is 9.95. The number of hydrogen-bond donors (Lipinski definition) is 3. The molecule has 3 N–H and O–H groups in total. The number of nitrogens with one attached hydrogen (secondary N) is 3. The lowest BCUT2D eigenvalue weighted by molar-refractivity contribution is 0.0180. The molecule has 0 aliphatic heterocycles. The van der Waals surface area contributed by atoms with Crippen LogP contribution < -0.4 is 14.2 Å². The summed E-state index contributed by atoms with van der Waals surface area (Å²) < 4.78 is 86.2. The Balaban J connectivity index is 0.760. The molecular formula is C69H69N3O18. The number of esters is 3. The van der Waals surface area contributed by atoms with E-state index in [1.807, 2.05) is 91.0 Å². The van der Waals surface area contributed by atoms with Gasteiger partial charge in [-0.15, -0.1) is 0 Å². The van der Waals surface area contributed by atoms with Crippen molar-refractivity contribution in [2.45, 2.75) is 18.3 Å². The molecule has 21 heteroatoms. The van der Waals surface area contributed by atoms with Crippen LogP contribution in [0.2, 0.25) is 0 Å².